The van der Waals surface area contributed by atoms with Crippen molar-refractivity contribution in [2.24, 2.45) is 0 Å². The Morgan fingerprint density at radius 3 is 3.00 bits per heavy atom. The van der Waals surface area contributed by atoms with Crippen LogP contribution in [0.5, 0.6) is 0 Å². The molecule has 1 rings (SSSR count). The summed E-state index contributed by atoms with van der Waals surface area (Å²) < 4.78 is 0. The fraction of sp³-hybridized carbons (Fsp3) is 0.417. The van der Waals surface area contributed by atoms with E-state index in [1.807, 2.05) is 36.0 Å². The van der Waals surface area contributed by atoms with E-state index in [4.69, 9.17) is 5.26 Å². The highest BCUT2D eigenvalue weighted by Crippen LogP contribution is 2.10. The molecule has 0 aromatic heterocycles. The number of rotatable bonds is 6. The van der Waals surface area contributed by atoms with Crippen LogP contribution in [-0.2, 0) is 0 Å². The van der Waals surface area contributed by atoms with Crippen molar-refractivity contribution in [3.8, 4) is 6.07 Å². The molecule has 1 aromatic rings. The van der Waals surface area contributed by atoms with Gasteiger partial charge in [0.1, 0.15) is 0 Å². The SMILES string of the molecule is CSCCCCNc1cccc(C#N)c1. The number of nitriles is 1. The molecule has 0 spiro atoms. The first-order valence-corrected chi connectivity index (χ1v) is 6.49. The number of anilines is 1. The summed E-state index contributed by atoms with van der Waals surface area (Å²) in [5, 5.41) is 12.0. The van der Waals surface area contributed by atoms with Gasteiger partial charge in [0, 0.05) is 12.2 Å². The van der Waals surface area contributed by atoms with Gasteiger partial charge in [-0.25, -0.2) is 0 Å². The van der Waals surface area contributed by atoms with Crippen LogP contribution in [0, 0.1) is 11.3 Å². The predicted octanol–water partition coefficient (Wildman–Crippen LogP) is 3.11. The monoisotopic (exact) mass is 220 g/mol. The lowest BCUT2D eigenvalue weighted by molar-refractivity contribution is 0.843. The van der Waals surface area contributed by atoms with Gasteiger partial charge in [0.05, 0.1) is 11.6 Å². The van der Waals surface area contributed by atoms with Gasteiger partial charge in [-0.2, -0.15) is 17.0 Å². The molecule has 0 saturated carbocycles. The minimum atomic E-state index is 0.712. The van der Waals surface area contributed by atoms with E-state index in [2.05, 4.69) is 17.6 Å². The van der Waals surface area contributed by atoms with Crippen LogP contribution in [0.4, 0.5) is 5.69 Å². The molecule has 15 heavy (non-hydrogen) atoms. The van der Waals surface area contributed by atoms with Crippen molar-refractivity contribution in [2.45, 2.75) is 12.8 Å². The van der Waals surface area contributed by atoms with Crippen LogP contribution in [0.1, 0.15) is 18.4 Å². The van der Waals surface area contributed by atoms with Crippen LogP contribution in [0.2, 0.25) is 0 Å². The normalized spacial score (nSPS) is 9.60. The number of nitrogens with one attached hydrogen (secondary N) is 1. The molecule has 0 atom stereocenters. The third-order valence-electron chi connectivity index (χ3n) is 2.10. The first-order valence-electron chi connectivity index (χ1n) is 5.10. The summed E-state index contributed by atoms with van der Waals surface area (Å²) >= 11 is 1.88. The molecule has 0 fully saturated rings. The van der Waals surface area contributed by atoms with E-state index in [1.165, 1.54) is 18.6 Å². The molecule has 0 radical (unpaired) electrons. The van der Waals surface area contributed by atoms with Crippen LogP contribution in [-0.4, -0.2) is 18.6 Å². The summed E-state index contributed by atoms with van der Waals surface area (Å²) in [5.74, 6) is 1.22. The van der Waals surface area contributed by atoms with Gasteiger partial charge in [-0.1, -0.05) is 6.07 Å². The number of hydrogen-bond acceptors (Lipinski definition) is 3. The molecule has 0 aliphatic carbocycles. The molecule has 0 aliphatic heterocycles. The van der Waals surface area contributed by atoms with E-state index in [9.17, 15) is 0 Å². The van der Waals surface area contributed by atoms with Crippen molar-refractivity contribution in [1.82, 2.24) is 0 Å². The van der Waals surface area contributed by atoms with Gasteiger partial charge in [0.15, 0.2) is 0 Å². The van der Waals surface area contributed by atoms with Crippen LogP contribution >= 0.6 is 11.8 Å². The molecule has 80 valence electrons. The third-order valence-corrected chi connectivity index (χ3v) is 2.79. The molecule has 0 saturated heterocycles. The maximum absolute atomic E-state index is 8.72. The number of benzene rings is 1. The smallest absolute Gasteiger partial charge is 0.0992 e. The Hall–Kier alpha value is -1.14. The van der Waals surface area contributed by atoms with Gasteiger partial charge in [-0.15, -0.1) is 0 Å². The fourth-order valence-corrected chi connectivity index (χ4v) is 1.80. The van der Waals surface area contributed by atoms with Crippen molar-refractivity contribution in [3.63, 3.8) is 0 Å². The summed E-state index contributed by atoms with van der Waals surface area (Å²) in [6.45, 7) is 0.982. The molecular weight excluding hydrogens is 204 g/mol. The molecule has 0 heterocycles. The zero-order chi connectivity index (χ0) is 10.9. The first-order chi connectivity index (χ1) is 7.36. The number of nitrogens with zero attached hydrogens (tertiary/aromatic N) is 1. The Balaban J connectivity index is 2.28. The van der Waals surface area contributed by atoms with E-state index >= 15 is 0 Å². The minimum Gasteiger partial charge on any atom is -0.385 e. The first kappa shape index (κ1) is 11.9. The van der Waals surface area contributed by atoms with Crippen molar-refractivity contribution in [2.75, 3.05) is 23.9 Å². The highest BCUT2D eigenvalue weighted by molar-refractivity contribution is 7.98. The lowest BCUT2D eigenvalue weighted by Crippen LogP contribution is -2.01. The standard InChI is InChI=1S/C12H16N2S/c1-15-8-3-2-7-14-12-6-4-5-11(9-12)10-13/h4-6,9,14H,2-3,7-8H2,1H3. The Kier molecular flexibility index (Phi) is 5.72. The number of hydrogen-bond donors (Lipinski definition) is 1. The highest BCUT2D eigenvalue weighted by Gasteiger charge is 1.93. The number of unbranched alkanes of at least 4 members (excludes halogenated alkanes) is 1. The van der Waals surface area contributed by atoms with Gasteiger partial charge in [0.25, 0.3) is 0 Å². The van der Waals surface area contributed by atoms with Crippen LogP contribution < -0.4 is 5.32 Å². The second-order valence-electron chi connectivity index (χ2n) is 3.32. The predicted molar refractivity (Wildman–Crippen MR) is 67.3 cm³/mol. The van der Waals surface area contributed by atoms with Crippen LogP contribution in [0.25, 0.3) is 0 Å². The molecule has 1 N–H and O–H groups in total. The largest absolute Gasteiger partial charge is 0.385 e. The third kappa shape index (κ3) is 4.75. The van der Waals surface area contributed by atoms with Crippen molar-refractivity contribution < 1.29 is 0 Å². The van der Waals surface area contributed by atoms with E-state index in [-0.39, 0.29) is 0 Å². The Labute approximate surface area is 95.7 Å². The molecule has 3 heteroatoms. The van der Waals surface area contributed by atoms with E-state index in [0.717, 1.165) is 12.2 Å². The van der Waals surface area contributed by atoms with E-state index in [1.54, 1.807) is 0 Å². The zero-order valence-electron chi connectivity index (χ0n) is 8.99. The molecular formula is C12H16N2S. The maximum atomic E-state index is 8.72. The molecule has 0 amide bonds. The minimum absolute atomic E-state index is 0.712. The van der Waals surface area contributed by atoms with E-state index < -0.39 is 0 Å². The lowest BCUT2D eigenvalue weighted by atomic mass is 10.2. The van der Waals surface area contributed by atoms with Gasteiger partial charge in [-0.3, -0.25) is 0 Å². The zero-order valence-corrected chi connectivity index (χ0v) is 9.81. The summed E-state index contributed by atoms with van der Waals surface area (Å²) in [7, 11) is 0. The van der Waals surface area contributed by atoms with Gasteiger partial charge in [0.2, 0.25) is 0 Å². The Morgan fingerprint density at radius 2 is 2.27 bits per heavy atom. The van der Waals surface area contributed by atoms with Gasteiger partial charge < -0.3 is 5.32 Å². The second kappa shape index (κ2) is 7.19. The van der Waals surface area contributed by atoms with Crippen molar-refractivity contribution >= 4 is 17.4 Å². The molecule has 0 bridgehead atoms. The summed E-state index contributed by atoms with van der Waals surface area (Å²) in [4.78, 5) is 0. The summed E-state index contributed by atoms with van der Waals surface area (Å²) in [6, 6.07) is 9.74. The van der Waals surface area contributed by atoms with Crippen molar-refractivity contribution in [1.29, 1.82) is 5.26 Å². The fourth-order valence-electron chi connectivity index (χ4n) is 1.30. The van der Waals surface area contributed by atoms with Crippen LogP contribution in [0.15, 0.2) is 24.3 Å². The molecule has 0 unspecified atom stereocenters. The molecule has 1 aromatic carbocycles. The topological polar surface area (TPSA) is 35.8 Å². The average molecular weight is 220 g/mol. The number of thioether (sulfide) groups is 1. The quantitative estimate of drug-likeness (QED) is 0.748. The lowest BCUT2D eigenvalue weighted by Gasteiger charge is -2.05. The second-order valence-corrected chi connectivity index (χ2v) is 4.30. The Morgan fingerprint density at radius 1 is 1.40 bits per heavy atom. The van der Waals surface area contributed by atoms with E-state index in [0.29, 0.717) is 5.56 Å². The Bertz CT molecular complexity index is 331. The van der Waals surface area contributed by atoms with Crippen LogP contribution in [0.3, 0.4) is 0 Å². The summed E-state index contributed by atoms with van der Waals surface area (Å²) in [6.07, 6.45) is 4.55. The molecule has 2 nitrogen and oxygen atoms in total. The highest BCUT2D eigenvalue weighted by atomic mass is 32.2. The van der Waals surface area contributed by atoms with Crippen molar-refractivity contribution in [3.05, 3.63) is 29.8 Å². The molecule has 0 aliphatic rings. The summed E-state index contributed by atoms with van der Waals surface area (Å²) in [5.41, 5.74) is 1.75. The van der Waals surface area contributed by atoms with Gasteiger partial charge >= 0.3 is 0 Å². The van der Waals surface area contributed by atoms with Gasteiger partial charge in [-0.05, 0) is 43.0 Å². The maximum Gasteiger partial charge on any atom is 0.0992 e. The average Bonchev–Trinajstić information content (AvgIpc) is 2.29.